The third-order valence-electron chi connectivity index (χ3n) is 2.35. The van der Waals surface area contributed by atoms with Gasteiger partial charge >= 0.3 is 0 Å². The lowest BCUT2D eigenvalue weighted by molar-refractivity contribution is 0.115. The molecule has 1 aromatic carbocycles. The van der Waals surface area contributed by atoms with E-state index in [1.807, 2.05) is 19.1 Å². The van der Waals surface area contributed by atoms with Crippen molar-refractivity contribution >= 4 is 0 Å². The van der Waals surface area contributed by atoms with Gasteiger partial charge in [-0.05, 0) is 26.0 Å². The van der Waals surface area contributed by atoms with E-state index in [9.17, 15) is 5.11 Å². The summed E-state index contributed by atoms with van der Waals surface area (Å²) in [6.45, 7) is 3.94. The van der Waals surface area contributed by atoms with Crippen molar-refractivity contribution in [2.75, 3.05) is 6.79 Å². The fourth-order valence-electron chi connectivity index (χ4n) is 1.71. The Morgan fingerprint density at radius 2 is 2.06 bits per heavy atom. The Balaban J connectivity index is 1.99. The molecule has 1 heterocycles. The van der Waals surface area contributed by atoms with Crippen LogP contribution in [0.25, 0.3) is 0 Å². The van der Waals surface area contributed by atoms with Gasteiger partial charge in [0.15, 0.2) is 11.5 Å². The minimum Gasteiger partial charge on any atom is -0.490 e. The highest BCUT2D eigenvalue weighted by Gasteiger charge is 2.15. The Kier molecular flexibility index (Phi) is 3.19. The molecule has 16 heavy (non-hydrogen) atoms. The number of aliphatic hydroxyl groups excluding tert-OH is 1. The molecule has 88 valence electrons. The second kappa shape index (κ2) is 4.61. The highest BCUT2D eigenvalue weighted by atomic mass is 16.7. The zero-order chi connectivity index (χ0) is 11.5. The van der Waals surface area contributed by atoms with Crippen LogP contribution in [0.4, 0.5) is 0 Å². The summed E-state index contributed by atoms with van der Waals surface area (Å²) in [5.41, 5.74) is 0. The van der Waals surface area contributed by atoms with E-state index in [2.05, 4.69) is 0 Å². The van der Waals surface area contributed by atoms with Gasteiger partial charge in [-0.1, -0.05) is 0 Å². The zero-order valence-electron chi connectivity index (χ0n) is 9.47. The second-order valence-electron chi connectivity index (χ2n) is 4.03. The van der Waals surface area contributed by atoms with Crippen molar-refractivity contribution in [2.24, 2.45) is 0 Å². The molecule has 0 saturated heterocycles. The molecule has 1 aliphatic heterocycles. The van der Waals surface area contributed by atoms with Crippen LogP contribution >= 0.6 is 0 Å². The van der Waals surface area contributed by atoms with Crippen molar-refractivity contribution in [1.82, 2.24) is 0 Å². The number of rotatable bonds is 4. The first-order chi connectivity index (χ1) is 7.65. The summed E-state index contributed by atoms with van der Waals surface area (Å²) in [7, 11) is 0. The van der Waals surface area contributed by atoms with Crippen LogP contribution in [0.1, 0.15) is 20.3 Å². The topological polar surface area (TPSA) is 47.9 Å². The van der Waals surface area contributed by atoms with Gasteiger partial charge in [0.1, 0.15) is 5.75 Å². The molecule has 2 unspecified atom stereocenters. The molecule has 0 amide bonds. The van der Waals surface area contributed by atoms with Crippen LogP contribution < -0.4 is 14.2 Å². The van der Waals surface area contributed by atoms with E-state index in [4.69, 9.17) is 14.2 Å². The third kappa shape index (κ3) is 2.58. The van der Waals surface area contributed by atoms with Crippen LogP contribution in [-0.2, 0) is 0 Å². The van der Waals surface area contributed by atoms with Crippen molar-refractivity contribution in [3.8, 4) is 17.2 Å². The molecule has 0 bridgehead atoms. The first-order valence-corrected chi connectivity index (χ1v) is 5.39. The summed E-state index contributed by atoms with van der Waals surface area (Å²) in [5.74, 6) is 2.19. The van der Waals surface area contributed by atoms with Gasteiger partial charge in [-0.3, -0.25) is 0 Å². The number of benzene rings is 1. The Bertz CT molecular complexity index is 362. The largest absolute Gasteiger partial charge is 0.490 e. The highest BCUT2D eigenvalue weighted by Crippen LogP contribution is 2.35. The van der Waals surface area contributed by atoms with Gasteiger partial charge in [-0.15, -0.1) is 0 Å². The molecule has 2 atom stereocenters. The lowest BCUT2D eigenvalue weighted by atomic mass is 10.2. The number of hydrogen-bond acceptors (Lipinski definition) is 4. The maximum absolute atomic E-state index is 9.23. The van der Waals surface area contributed by atoms with Gasteiger partial charge in [0, 0.05) is 12.5 Å². The lowest BCUT2D eigenvalue weighted by Crippen LogP contribution is -2.18. The minimum atomic E-state index is -0.357. The Morgan fingerprint density at radius 1 is 1.31 bits per heavy atom. The standard InChI is InChI=1S/C12H16O4/c1-8(13)5-9(2)16-10-3-4-11-12(6-10)15-7-14-11/h3-4,6,8-9,13H,5,7H2,1-2H3. The summed E-state index contributed by atoms with van der Waals surface area (Å²) in [5, 5.41) is 9.23. The van der Waals surface area contributed by atoms with Crippen LogP contribution in [-0.4, -0.2) is 24.1 Å². The fourth-order valence-corrected chi connectivity index (χ4v) is 1.71. The zero-order valence-corrected chi connectivity index (χ0v) is 9.47. The van der Waals surface area contributed by atoms with Crippen LogP contribution in [0.2, 0.25) is 0 Å². The van der Waals surface area contributed by atoms with Crippen LogP contribution in [0.5, 0.6) is 17.2 Å². The molecule has 0 radical (unpaired) electrons. The summed E-state index contributed by atoms with van der Waals surface area (Å²) < 4.78 is 16.1. The lowest BCUT2D eigenvalue weighted by Gasteiger charge is -2.16. The maximum Gasteiger partial charge on any atom is 0.231 e. The Labute approximate surface area is 94.8 Å². The monoisotopic (exact) mass is 224 g/mol. The summed E-state index contributed by atoms with van der Waals surface area (Å²) in [6.07, 6.45) is 0.221. The number of ether oxygens (including phenoxy) is 3. The van der Waals surface area contributed by atoms with E-state index >= 15 is 0 Å². The number of aliphatic hydroxyl groups is 1. The molecule has 1 N–H and O–H groups in total. The van der Waals surface area contributed by atoms with E-state index in [0.717, 1.165) is 11.5 Å². The Hall–Kier alpha value is -1.42. The normalized spacial score (nSPS) is 16.9. The van der Waals surface area contributed by atoms with Crippen molar-refractivity contribution in [1.29, 1.82) is 0 Å². The summed E-state index contributed by atoms with van der Waals surface area (Å²) in [6, 6.07) is 5.47. The highest BCUT2D eigenvalue weighted by molar-refractivity contribution is 5.46. The van der Waals surface area contributed by atoms with Crippen LogP contribution in [0.3, 0.4) is 0 Å². The van der Waals surface area contributed by atoms with Gasteiger partial charge in [0.25, 0.3) is 0 Å². The van der Waals surface area contributed by atoms with E-state index < -0.39 is 0 Å². The summed E-state index contributed by atoms with van der Waals surface area (Å²) >= 11 is 0. The molecule has 0 aliphatic carbocycles. The molecule has 0 saturated carbocycles. The molecule has 4 heteroatoms. The molecular weight excluding hydrogens is 208 g/mol. The molecule has 1 aliphatic rings. The van der Waals surface area contributed by atoms with Crippen molar-refractivity contribution in [3.63, 3.8) is 0 Å². The van der Waals surface area contributed by atoms with Gasteiger partial charge in [-0.25, -0.2) is 0 Å². The second-order valence-corrected chi connectivity index (χ2v) is 4.03. The van der Waals surface area contributed by atoms with Gasteiger partial charge in [0.05, 0.1) is 12.2 Å². The predicted molar refractivity (Wildman–Crippen MR) is 59.0 cm³/mol. The first-order valence-electron chi connectivity index (χ1n) is 5.39. The van der Waals surface area contributed by atoms with Crippen molar-refractivity contribution < 1.29 is 19.3 Å². The molecule has 1 aromatic rings. The van der Waals surface area contributed by atoms with Crippen molar-refractivity contribution in [3.05, 3.63) is 18.2 Å². The third-order valence-corrected chi connectivity index (χ3v) is 2.35. The van der Waals surface area contributed by atoms with E-state index in [-0.39, 0.29) is 19.0 Å². The number of hydrogen-bond donors (Lipinski definition) is 1. The van der Waals surface area contributed by atoms with Crippen LogP contribution in [0, 0.1) is 0 Å². The average molecular weight is 224 g/mol. The summed E-state index contributed by atoms with van der Waals surface area (Å²) in [4.78, 5) is 0. The fraction of sp³-hybridized carbons (Fsp3) is 0.500. The van der Waals surface area contributed by atoms with Gasteiger partial charge in [-0.2, -0.15) is 0 Å². The van der Waals surface area contributed by atoms with Gasteiger partial charge in [0.2, 0.25) is 6.79 Å². The minimum absolute atomic E-state index is 0.0274. The Morgan fingerprint density at radius 3 is 2.81 bits per heavy atom. The molecule has 2 rings (SSSR count). The molecule has 0 spiro atoms. The SMILES string of the molecule is CC(O)CC(C)Oc1ccc2c(c1)OCO2. The van der Waals surface area contributed by atoms with Crippen molar-refractivity contribution in [2.45, 2.75) is 32.5 Å². The predicted octanol–water partition coefficient (Wildman–Crippen LogP) is 1.95. The number of fused-ring (bicyclic) bond motifs is 1. The maximum atomic E-state index is 9.23. The molecule has 0 fully saturated rings. The van der Waals surface area contributed by atoms with Crippen LogP contribution in [0.15, 0.2) is 18.2 Å². The smallest absolute Gasteiger partial charge is 0.231 e. The van der Waals surface area contributed by atoms with E-state index in [1.165, 1.54) is 0 Å². The molecular formula is C12H16O4. The average Bonchev–Trinajstić information content (AvgIpc) is 2.63. The van der Waals surface area contributed by atoms with Gasteiger partial charge < -0.3 is 19.3 Å². The first kappa shape index (κ1) is 11.1. The molecule has 4 nitrogen and oxygen atoms in total. The quantitative estimate of drug-likeness (QED) is 0.849. The van der Waals surface area contributed by atoms with E-state index in [0.29, 0.717) is 12.2 Å². The molecule has 0 aromatic heterocycles. The van der Waals surface area contributed by atoms with E-state index in [1.54, 1.807) is 13.0 Å².